The van der Waals surface area contributed by atoms with Crippen LogP contribution in [0.1, 0.15) is 63.7 Å². The van der Waals surface area contributed by atoms with E-state index in [0.29, 0.717) is 19.0 Å². The lowest BCUT2D eigenvalue weighted by atomic mass is 9.91. The number of carbonyl (C=O) groups is 2. The van der Waals surface area contributed by atoms with E-state index in [-0.39, 0.29) is 35.4 Å². The van der Waals surface area contributed by atoms with Crippen molar-refractivity contribution >= 4 is 18.0 Å². The highest BCUT2D eigenvalue weighted by atomic mass is 16.6. The molecule has 0 unspecified atom stereocenters. The van der Waals surface area contributed by atoms with Crippen LogP contribution in [0.2, 0.25) is 0 Å². The van der Waals surface area contributed by atoms with Gasteiger partial charge in [0.1, 0.15) is 11.4 Å². The molecule has 1 saturated carbocycles. The summed E-state index contributed by atoms with van der Waals surface area (Å²) in [5.41, 5.74) is -0.251. The van der Waals surface area contributed by atoms with Gasteiger partial charge in [-0.3, -0.25) is 9.79 Å². The molecule has 0 atom stereocenters. The fourth-order valence-electron chi connectivity index (χ4n) is 3.47. The third-order valence-corrected chi connectivity index (χ3v) is 4.95. The van der Waals surface area contributed by atoms with E-state index in [2.05, 4.69) is 26.3 Å². The van der Waals surface area contributed by atoms with Crippen LogP contribution >= 0.6 is 0 Å². The quantitative estimate of drug-likeness (QED) is 0.249. The monoisotopic (exact) mass is 447 g/mol. The highest BCUT2D eigenvalue weighted by molar-refractivity contribution is 5.96. The van der Waals surface area contributed by atoms with Crippen molar-refractivity contribution in [2.75, 3.05) is 19.6 Å². The summed E-state index contributed by atoms with van der Waals surface area (Å²) in [6.45, 7) is 9.05. The van der Waals surface area contributed by atoms with Gasteiger partial charge >= 0.3 is 6.09 Å². The number of aliphatic imine (C=N–C) groups is 1. The second kappa shape index (κ2) is 12.2. The summed E-state index contributed by atoms with van der Waals surface area (Å²) in [5.74, 6) is 0.334. The molecule has 2 amide bonds. The molecule has 0 aliphatic heterocycles. The minimum atomic E-state index is -0.499. The Morgan fingerprint density at radius 1 is 1.06 bits per heavy atom. The molecule has 0 heterocycles. The number of aromatic hydroxyl groups is 1. The van der Waals surface area contributed by atoms with Crippen LogP contribution in [-0.2, 0) is 4.74 Å². The molecule has 1 aliphatic rings. The first kappa shape index (κ1) is 25.3. The SMILES string of the molecule is CCNC(=NCCNC(=O)c1ccccc1O)NC1CCC(NC(=O)OC(C)(C)C)CC1. The smallest absolute Gasteiger partial charge is 0.407 e. The Kier molecular flexibility index (Phi) is 9.61. The van der Waals surface area contributed by atoms with Crippen molar-refractivity contribution in [3.63, 3.8) is 0 Å². The van der Waals surface area contributed by atoms with E-state index in [1.165, 1.54) is 6.07 Å². The first-order valence-corrected chi connectivity index (χ1v) is 11.3. The van der Waals surface area contributed by atoms with Crippen LogP contribution < -0.4 is 21.3 Å². The number of hydrogen-bond donors (Lipinski definition) is 5. The molecule has 0 radical (unpaired) electrons. The molecular formula is C23H37N5O4. The number of nitrogens with zero attached hydrogens (tertiary/aromatic N) is 1. The number of nitrogens with one attached hydrogen (secondary N) is 4. The molecule has 9 heteroatoms. The Bertz CT molecular complexity index is 783. The molecule has 178 valence electrons. The number of alkyl carbamates (subject to hydrolysis) is 1. The van der Waals surface area contributed by atoms with E-state index in [9.17, 15) is 14.7 Å². The van der Waals surface area contributed by atoms with Gasteiger partial charge in [-0.25, -0.2) is 4.79 Å². The van der Waals surface area contributed by atoms with Crippen LogP contribution in [0.15, 0.2) is 29.3 Å². The molecule has 1 fully saturated rings. The van der Waals surface area contributed by atoms with Crippen molar-refractivity contribution in [1.29, 1.82) is 0 Å². The minimum Gasteiger partial charge on any atom is -0.507 e. The molecule has 32 heavy (non-hydrogen) atoms. The van der Waals surface area contributed by atoms with E-state index < -0.39 is 5.60 Å². The number of rotatable bonds is 7. The van der Waals surface area contributed by atoms with Gasteiger partial charge < -0.3 is 31.1 Å². The van der Waals surface area contributed by atoms with Gasteiger partial charge in [0.05, 0.1) is 12.1 Å². The summed E-state index contributed by atoms with van der Waals surface area (Å²) < 4.78 is 5.33. The highest BCUT2D eigenvalue weighted by Gasteiger charge is 2.25. The molecule has 0 bridgehead atoms. The summed E-state index contributed by atoms with van der Waals surface area (Å²) in [6, 6.07) is 6.82. The van der Waals surface area contributed by atoms with E-state index in [4.69, 9.17) is 4.74 Å². The van der Waals surface area contributed by atoms with Gasteiger partial charge in [0.25, 0.3) is 5.91 Å². The van der Waals surface area contributed by atoms with Gasteiger partial charge in [0, 0.05) is 25.2 Å². The van der Waals surface area contributed by atoms with Crippen molar-refractivity contribution < 1.29 is 19.4 Å². The molecule has 0 aromatic heterocycles. The predicted molar refractivity (Wildman–Crippen MR) is 125 cm³/mol. The second-order valence-corrected chi connectivity index (χ2v) is 8.87. The Morgan fingerprint density at radius 3 is 2.28 bits per heavy atom. The van der Waals surface area contributed by atoms with Gasteiger partial charge in [-0.1, -0.05) is 12.1 Å². The van der Waals surface area contributed by atoms with Crippen LogP contribution in [0.25, 0.3) is 0 Å². The average Bonchev–Trinajstić information content (AvgIpc) is 2.71. The zero-order valence-electron chi connectivity index (χ0n) is 19.5. The maximum Gasteiger partial charge on any atom is 0.407 e. The van der Waals surface area contributed by atoms with Crippen molar-refractivity contribution in [2.24, 2.45) is 4.99 Å². The van der Waals surface area contributed by atoms with Crippen LogP contribution in [0.3, 0.4) is 0 Å². The fourth-order valence-corrected chi connectivity index (χ4v) is 3.47. The van der Waals surface area contributed by atoms with Gasteiger partial charge in [-0.05, 0) is 65.5 Å². The number of benzene rings is 1. The number of para-hydroxylation sites is 1. The molecule has 9 nitrogen and oxygen atoms in total. The Morgan fingerprint density at radius 2 is 1.69 bits per heavy atom. The van der Waals surface area contributed by atoms with Gasteiger partial charge in [0.15, 0.2) is 5.96 Å². The van der Waals surface area contributed by atoms with Crippen molar-refractivity contribution in [3.05, 3.63) is 29.8 Å². The molecule has 1 aliphatic carbocycles. The summed E-state index contributed by atoms with van der Waals surface area (Å²) in [7, 11) is 0. The highest BCUT2D eigenvalue weighted by Crippen LogP contribution is 2.19. The van der Waals surface area contributed by atoms with Crippen LogP contribution in [0.4, 0.5) is 4.79 Å². The standard InChI is InChI=1S/C23H37N5O4/c1-5-24-21(26-15-14-25-20(30)18-8-6-7-9-19(18)29)27-16-10-12-17(13-11-16)28-22(31)32-23(2,3)4/h6-9,16-17,29H,5,10-15H2,1-4H3,(H,25,30)(H,28,31)(H2,24,26,27). The zero-order valence-corrected chi connectivity index (χ0v) is 19.5. The summed E-state index contributed by atoms with van der Waals surface area (Å²) >= 11 is 0. The summed E-state index contributed by atoms with van der Waals surface area (Å²) in [4.78, 5) is 28.6. The fraction of sp³-hybridized carbons (Fsp3) is 0.609. The summed E-state index contributed by atoms with van der Waals surface area (Å²) in [5, 5.41) is 22.1. The third kappa shape index (κ3) is 9.03. The maximum absolute atomic E-state index is 12.1. The van der Waals surface area contributed by atoms with E-state index in [1.807, 2.05) is 27.7 Å². The van der Waals surface area contributed by atoms with Crippen molar-refractivity contribution in [3.8, 4) is 5.75 Å². The van der Waals surface area contributed by atoms with E-state index >= 15 is 0 Å². The molecule has 1 aromatic rings. The lowest BCUT2D eigenvalue weighted by Crippen LogP contribution is -2.48. The number of phenols is 1. The number of hydrogen-bond acceptors (Lipinski definition) is 5. The molecule has 0 saturated heterocycles. The van der Waals surface area contributed by atoms with Crippen LogP contribution in [-0.4, -0.2) is 60.4 Å². The van der Waals surface area contributed by atoms with Crippen LogP contribution in [0.5, 0.6) is 5.75 Å². The predicted octanol–water partition coefficient (Wildman–Crippen LogP) is 2.51. The van der Waals surface area contributed by atoms with Crippen molar-refractivity contribution in [2.45, 2.75) is 71.1 Å². The average molecular weight is 448 g/mol. The lowest BCUT2D eigenvalue weighted by molar-refractivity contribution is 0.0490. The molecule has 0 spiro atoms. The number of carbonyl (C=O) groups excluding carboxylic acids is 2. The second-order valence-electron chi connectivity index (χ2n) is 8.87. The molecular weight excluding hydrogens is 410 g/mol. The molecule has 5 N–H and O–H groups in total. The third-order valence-electron chi connectivity index (χ3n) is 4.95. The van der Waals surface area contributed by atoms with E-state index in [0.717, 1.165) is 32.2 Å². The topological polar surface area (TPSA) is 124 Å². The first-order chi connectivity index (χ1) is 15.2. The first-order valence-electron chi connectivity index (χ1n) is 11.3. The van der Waals surface area contributed by atoms with Gasteiger partial charge in [-0.2, -0.15) is 0 Å². The molecule has 1 aromatic carbocycles. The zero-order chi connectivity index (χ0) is 23.6. The minimum absolute atomic E-state index is 0.0414. The Balaban J connectivity index is 1.75. The Hall–Kier alpha value is -2.97. The lowest BCUT2D eigenvalue weighted by Gasteiger charge is -2.31. The largest absolute Gasteiger partial charge is 0.507 e. The normalized spacial score (nSPS) is 19.1. The van der Waals surface area contributed by atoms with Gasteiger partial charge in [-0.15, -0.1) is 0 Å². The maximum atomic E-state index is 12.1. The number of ether oxygens (including phenoxy) is 1. The number of amides is 2. The number of guanidine groups is 1. The summed E-state index contributed by atoms with van der Waals surface area (Å²) in [6.07, 6.45) is 3.19. The van der Waals surface area contributed by atoms with E-state index in [1.54, 1.807) is 18.2 Å². The van der Waals surface area contributed by atoms with Crippen molar-refractivity contribution in [1.82, 2.24) is 21.3 Å². The molecule has 2 rings (SSSR count). The van der Waals surface area contributed by atoms with Gasteiger partial charge in [0.2, 0.25) is 0 Å². The number of phenolic OH excluding ortho intramolecular Hbond substituents is 1. The Labute approximate surface area is 190 Å². The van der Waals surface area contributed by atoms with Crippen LogP contribution in [0, 0.1) is 0 Å².